The maximum absolute atomic E-state index is 13.5. The number of fused-ring (bicyclic) bond motifs is 2. The van der Waals surface area contributed by atoms with Crippen LogP contribution in [-0.2, 0) is 14.8 Å². The molecule has 2 aromatic carbocycles. The van der Waals surface area contributed by atoms with Gasteiger partial charge in [-0.1, -0.05) is 35.7 Å². The van der Waals surface area contributed by atoms with E-state index >= 15 is 0 Å². The lowest BCUT2D eigenvalue weighted by molar-refractivity contribution is -0.120. The molecule has 30 heavy (non-hydrogen) atoms. The van der Waals surface area contributed by atoms with Crippen LogP contribution in [0.25, 0.3) is 0 Å². The molecule has 0 aromatic heterocycles. The Hall–Kier alpha value is -2.05. The second kappa shape index (κ2) is 8.23. The van der Waals surface area contributed by atoms with Crippen LogP contribution >= 0.6 is 11.6 Å². The summed E-state index contributed by atoms with van der Waals surface area (Å²) in [5.74, 6) is 0.960. The predicted molar refractivity (Wildman–Crippen MR) is 119 cm³/mol. The van der Waals surface area contributed by atoms with Gasteiger partial charge in [-0.05, 0) is 80.8 Å². The van der Waals surface area contributed by atoms with E-state index in [2.05, 4.69) is 5.32 Å². The average molecular weight is 447 g/mol. The Balaban J connectivity index is 1.63. The number of nitrogens with one attached hydrogen (secondary N) is 1. The van der Waals surface area contributed by atoms with Crippen LogP contribution in [-0.4, -0.2) is 26.9 Å². The number of sulfonamides is 1. The summed E-state index contributed by atoms with van der Waals surface area (Å²) < 4.78 is 28.2. The van der Waals surface area contributed by atoms with Crippen molar-refractivity contribution in [3.8, 4) is 0 Å². The molecule has 2 aliphatic carbocycles. The highest BCUT2D eigenvalue weighted by molar-refractivity contribution is 7.92. The zero-order valence-electron chi connectivity index (χ0n) is 17.3. The van der Waals surface area contributed by atoms with Gasteiger partial charge in [0.05, 0.1) is 10.6 Å². The lowest BCUT2D eigenvalue weighted by Crippen LogP contribution is -2.46. The molecule has 3 atom stereocenters. The molecule has 2 fully saturated rings. The first-order chi connectivity index (χ1) is 14.2. The fourth-order valence-corrected chi connectivity index (χ4v) is 6.55. The summed E-state index contributed by atoms with van der Waals surface area (Å²) in [7, 11) is -3.92. The van der Waals surface area contributed by atoms with Crippen LogP contribution in [0.5, 0.6) is 0 Å². The molecule has 2 aliphatic rings. The van der Waals surface area contributed by atoms with E-state index in [1.807, 2.05) is 6.92 Å². The number of aryl methyl sites for hydroxylation is 2. The molecule has 7 heteroatoms. The Labute approximate surface area is 183 Å². The molecule has 2 bridgehead atoms. The van der Waals surface area contributed by atoms with Crippen molar-refractivity contribution in [3.05, 3.63) is 58.6 Å². The van der Waals surface area contributed by atoms with Gasteiger partial charge >= 0.3 is 0 Å². The lowest BCUT2D eigenvalue weighted by atomic mass is 9.95. The molecule has 1 amide bonds. The summed E-state index contributed by atoms with van der Waals surface area (Å²) in [5.41, 5.74) is 2.13. The average Bonchev–Trinajstić information content (AvgIpc) is 3.30. The Morgan fingerprint density at radius 2 is 1.83 bits per heavy atom. The van der Waals surface area contributed by atoms with Gasteiger partial charge in [-0.3, -0.25) is 9.10 Å². The SMILES string of the molecule is Cc1ccc(S(=O)(=O)N(CC(=O)N[C@H]2C[C@@H]3CC[C@@H]2C3)c2ccc(Cl)cc2C)cc1. The van der Waals surface area contributed by atoms with Gasteiger partial charge in [-0.25, -0.2) is 8.42 Å². The van der Waals surface area contributed by atoms with Crippen molar-refractivity contribution in [1.82, 2.24) is 5.32 Å². The minimum Gasteiger partial charge on any atom is -0.352 e. The predicted octanol–water partition coefficient (Wildman–Crippen LogP) is 4.46. The third-order valence-electron chi connectivity index (χ3n) is 6.41. The Kier molecular flexibility index (Phi) is 5.82. The number of anilines is 1. The molecular formula is C23H27ClN2O3S. The minimum atomic E-state index is -3.92. The summed E-state index contributed by atoms with van der Waals surface area (Å²) in [6.45, 7) is 3.44. The molecule has 0 heterocycles. The zero-order chi connectivity index (χ0) is 21.5. The van der Waals surface area contributed by atoms with Gasteiger partial charge in [0.2, 0.25) is 5.91 Å². The fraction of sp³-hybridized carbons (Fsp3) is 0.435. The number of hydrogen-bond acceptors (Lipinski definition) is 3. The third-order valence-corrected chi connectivity index (χ3v) is 8.42. The molecule has 0 unspecified atom stereocenters. The highest BCUT2D eigenvalue weighted by Gasteiger charge is 2.40. The van der Waals surface area contributed by atoms with E-state index in [1.54, 1.807) is 49.4 Å². The molecule has 2 aromatic rings. The van der Waals surface area contributed by atoms with Crippen LogP contribution in [0, 0.1) is 25.7 Å². The van der Waals surface area contributed by atoms with Crippen molar-refractivity contribution in [3.63, 3.8) is 0 Å². The fourth-order valence-electron chi connectivity index (χ4n) is 4.84. The van der Waals surface area contributed by atoms with Crippen molar-refractivity contribution in [1.29, 1.82) is 0 Å². The van der Waals surface area contributed by atoms with E-state index in [-0.39, 0.29) is 23.4 Å². The first-order valence-corrected chi connectivity index (χ1v) is 12.2. The van der Waals surface area contributed by atoms with Crippen LogP contribution in [0.4, 0.5) is 5.69 Å². The largest absolute Gasteiger partial charge is 0.352 e. The Morgan fingerprint density at radius 3 is 2.43 bits per heavy atom. The maximum Gasteiger partial charge on any atom is 0.264 e. The van der Waals surface area contributed by atoms with Crippen LogP contribution in [0.15, 0.2) is 47.4 Å². The number of hydrogen-bond donors (Lipinski definition) is 1. The van der Waals surface area contributed by atoms with Crippen LogP contribution < -0.4 is 9.62 Å². The van der Waals surface area contributed by atoms with Gasteiger partial charge in [-0.15, -0.1) is 0 Å². The minimum absolute atomic E-state index is 0.159. The van der Waals surface area contributed by atoms with Gasteiger partial charge < -0.3 is 5.32 Å². The number of carbonyl (C=O) groups excluding carboxylic acids is 1. The van der Waals surface area contributed by atoms with Gasteiger partial charge in [-0.2, -0.15) is 0 Å². The molecular weight excluding hydrogens is 420 g/mol. The summed E-state index contributed by atoms with van der Waals surface area (Å²) >= 11 is 6.08. The van der Waals surface area contributed by atoms with Crippen molar-refractivity contribution in [2.24, 2.45) is 11.8 Å². The quantitative estimate of drug-likeness (QED) is 0.712. The summed E-state index contributed by atoms with van der Waals surface area (Å²) in [4.78, 5) is 13.1. The Bertz CT molecular complexity index is 1050. The number of benzene rings is 2. The van der Waals surface area contributed by atoms with Gasteiger partial charge in [0, 0.05) is 11.1 Å². The third kappa shape index (κ3) is 4.21. The summed E-state index contributed by atoms with van der Waals surface area (Å²) in [5, 5.41) is 3.63. The van der Waals surface area contributed by atoms with E-state index in [4.69, 9.17) is 11.6 Å². The highest BCUT2D eigenvalue weighted by Crippen LogP contribution is 2.44. The van der Waals surface area contributed by atoms with E-state index in [1.165, 1.54) is 17.1 Å². The molecule has 1 N–H and O–H groups in total. The molecule has 4 rings (SSSR count). The van der Waals surface area contributed by atoms with Gasteiger partial charge in [0.15, 0.2) is 0 Å². The molecule has 0 spiro atoms. The first kappa shape index (κ1) is 21.2. The van der Waals surface area contributed by atoms with Crippen LogP contribution in [0.3, 0.4) is 0 Å². The Morgan fingerprint density at radius 1 is 1.10 bits per heavy atom. The summed E-state index contributed by atoms with van der Waals surface area (Å²) in [6.07, 6.45) is 4.57. The lowest BCUT2D eigenvalue weighted by Gasteiger charge is -2.28. The van der Waals surface area contributed by atoms with Crippen molar-refractivity contribution in [2.45, 2.75) is 50.5 Å². The summed E-state index contributed by atoms with van der Waals surface area (Å²) in [6, 6.07) is 11.9. The van der Waals surface area contributed by atoms with E-state index in [0.29, 0.717) is 28.1 Å². The highest BCUT2D eigenvalue weighted by atomic mass is 35.5. The maximum atomic E-state index is 13.5. The number of carbonyl (C=O) groups is 1. The number of rotatable bonds is 6. The second-order valence-corrected chi connectivity index (χ2v) is 10.9. The van der Waals surface area contributed by atoms with Crippen molar-refractivity contribution >= 4 is 33.2 Å². The standard InChI is InChI=1S/C23H27ClN2O3S/c1-15-3-8-20(9-4-15)30(28,29)26(22-10-7-19(24)11-16(22)2)14-23(27)25-21-13-17-5-6-18(21)12-17/h3-4,7-11,17-18,21H,5-6,12-14H2,1-2H3,(H,25,27)/t17-,18-,21+/m1/s1. The number of nitrogens with zero attached hydrogens (tertiary/aromatic N) is 1. The molecule has 0 saturated heterocycles. The van der Waals surface area contributed by atoms with Crippen LogP contribution in [0.2, 0.25) is 5.02 Å². The second-order valence-electron chi connectivity index (χ2n) is 8.60. The van der Waals surface area contributed by atoms with Gasteiger partial charge in [0.1, 0.15) is 6.54 Å². The topological polar surface area (TPSA) is 66.5 Å². The first-order valence-electron chi connectivity index (χ1n) is 10.4. The van der Waals surface area contributed by atoms with Crippen molar-refractivity contribution < 1.29 is 13.2 Å². The molecule has 160 valence electrons. The monoisotopic (exact) mass is 446 g/mol. The molecule has 2 saturated carbocycles. The smallest absolute Gasteiger partial charge is 0.264 e. The number of amides is 1. The molecule has 5 nitrogen and oxygen atoms in total. The van der Waals surface area contributed by atoms with Crippen molar-refractivity contribution in [2.75, 3.05) is 10.8 Å². The van der Waals surface area contributed by atoms with Crippen LogP contribution in [0.1, 0.15) is 36.8 Å². The van der Waals surface area contributed by atoms with E-state index in [9.17, 15) is 13.2 Å². The van der Waals surface area contributed by atoms with Gasteiger partial charge in [0.25, 0.3) is 10.0 Å². The zero-order valence-corrected chi connectivity index (χ0v) is 18.8. The normalized spacial score (nSPS) is 22.8. The van der Waals surface area contributed by atoms with E-state index < -0.39 is 10.0 Å². The number of halogens is 1. The molecule has 0 radical (unpaired) electrons. The van der Waals surface area contributed by atoms with E-state index in [0.717, 1.165) is 18.4 Å². The molecule has 0 aliphatic heterocycles.